The molecule has 0 aromatic carbocycles. The fourth-order valence-electron chi connectivity index (χ4n) is 3.50. The predicted molar refractivity (Wildman–Crippen MR) is 124 cm³/mol. The van der Waals surface area contributed by atoms with Gasteiger partial charge in [0.25, 0.3) is 5.91 Å². The quantitative estimate of drug-likeness (QED) is 0.202. The van der Waals surface area contributed by atoms with Crippen molar-refractivity contribution in [2.45, 2.75) is 36.3 Å². The molecule has 2 aromatic heterocycles. The van der Waals surface area contributed by atoms with Crippen LogP contribution in [0.25, 0.3) is 0 Å². The highest BCUT2D eigenvalue weighted by Crippen LogP contribution is 2.41. The summed E-state index contributed by atoms with van der Waals surface area (Å²) in [4.78, 5) is 40.8. The zero-order valence-corrected chi connectivity index (χ0v) is 20.0. The van der Waals surface area contributed by atoms with Crippen molar-refractivity contribution in [3.05, 3.63) is 56.2 Å². The number of aromatic nitrogens is 2. The van der Waals surface area contributed by atoms with Crippen LogP contribution < -0.4 is 15.9 Å². The lowest BCUT2D eigenvalue weighted by Crippen LogP contribution is -2.70. The second kappa shape index (κ2) is 9.71. The van der Waals surface area contributed by atoms with Crippen molar-refractivity contribution in [3.8, 4) is 0 Å². The summed E-state index contributed by atoms with van der Waals surface area (Å²) in [5.74, 6) is -1.26. The molecule has 0 aliphatic carbocycles. The van der Waals surface area contributed by atoms with Crippen LogP contribution >= 0.6 is 34.9 Å². The molecule has 0 unspecified atom stereocenters. The molecule has 1 saturated heterocycles. The third kappa shape index (κ3) is 4.86. The average molecular weight is 508 g/mol. The third-order valence-corrected chi connectivity index (χ3v) is 8.63. The highest BCUT2D eigenvalue weighted by atomic mass is 32.2. The SMILES string of the molecule is Cc1ccc(SCC2=C(C(=O)O)N3C(=O)[C@@H](NC(=O)Cc4ccc(CN)s4)[C@@H]3SC2)n[n+]1[O-]. The molecule has 13 heteroatoms. The Labute approximate surface area is 201 Å². The number of hydrogen-bond acceptors (Lipinski definition) is 9. The number of β-lactam (4-membered cyclic amide) rings is 1. The van der Waals surface area contributed by atoms with Crippen LogP contribution in [0.3, 0.4) is 0 Å². The highest BCUT2D eigenvalue weighted by Gasteiger charge is 2.54. The number of hydrogen-bond donors (Lipinski definition) is 3. The van der Waals surface area contributed by atoms with Crippen LogP contribution in [-0.2, 0) is 27.3 Å². The summed E-state index contributed by atoms with van der Waals surface area (Å²) in [7, 11) is 0. The van der Waals surface area contributed by atoms with E-state index in [1.54, 1.807) is 19.1 Å². The predicted octanol–water partition coefficient (Wildman–Crippen LogP) is 0.617. The van der Waals surface area contributed by atoms with Gasteiger partial charge in [0.05, 0.1) is 6.42 Å². The van der Waals surface area contributed by atoms with E-state index < -0.39 is 23.3 Å². The van der Waals surface area contributed by atoms with Gasteiger partial charge in [-0.2, -0.15) is 0 Å². The first-order chi connectivity index (χ1) is 15.8. The molecule has 174 valence electrons. The molecular weight excluding hydrogens is 486 g/mol. The van der Waals surface area contributed by atoms with E-state index in [9.17, 15) is 24.7 Å². The number of amides is 2. The molecule has 0 radical (unpaired) electrons. The van der Waals surface area contributed by atoms with E-state index in [0.717, 1.165) is 9.75 Å². The van der Waals surface area contributed by atoms with Crippen LogP contribution in [-0.4, -0.2) is 55.8 Å². The Kier molecular flexibility index (Phi) is 6.93. The molecule has 4 N–H and O–H groups in total. The number of rotatable bonds is 8. The fraction of sp³-hybridized carbons (Fsp3) is 0.350. The number of fused-ring (bicyclic) bond motifs is 1. The Bertz CT molecular complexity index is 1150. The molecule has 2 atom stereocenters. The van der Waals surface area contributed by atoms with Crippen molar-refractivity contribution in [1.29, 1.82) is 0 Å². The number of nitrogens with two attached hydrogens (primary N) is 1. The Morgan fingerprint density at radius 1 is 1.36 bits per heavy atom. The molecular formula is C20H21N5O5S3. The first-order valence-corrected chi connectivity index (χ1v) is 12.8. The van der Waals surface area contributed by atoms with Crippen LogP contribution in [0.5, 0.6) is 0 Å². The van der Waals surface area contributed by atoms with Crippen LogP contribution in [0.2, 0.25) is 0 Å². The van der Waals surface area contributed by atoms with Crippen molar-refractivity contribution in [2.75, 3.05) is 11.5 Å². The van der Waals surface area contributed by atoms with E-state index >= 15 is 0 Å². The monoisotopic (exact) mass is 507 g/mol. The molecule has 1 fully saturated rings. The summed E-state index contributed by atoms with van der Waals surface area (Å²) < 4.78 is 0. The van der Waals surface area contributed by atoms with Crippen molar-refractivity contribution in [1.82, 2.24) is 15.3 Å². The number of thioether (sulfide) groups is 2. The molecule has 2 amide bonds. The maximum atomic E-state index is 12.8. The van der Waals surface area contributed by atoms with Gasteiger partial charge >= 0.3 is 5.97 Å². The molecule has 0 bridgehead atoms. The highest BCUT2D eigenvalue weighted by molar-refractivity contribution is 8.01. The fourth-order valence-corrected chi connectivity index (χ4v) is 6.73. The number of aliphatic carboxylic acids is 1. The summed E-state index contributed by atoms with van der Waals surface area (Å²) in [6.07, 6.45) is 0.138. The largest absolute Gasteiger partial charge is 0.594 e. The molecule has 0 saturated carbocycles. The molecule has 10 nitrogen and oxygen atoms in total. The van der Waals surface area contributed by atoms with Crippen LogP contribution in [0.15, 0.2) is 40.6 Å². The maximum Gasteiger partial charge on any atom is 0.352 e. The Morgan fingerprint density at radius 3 is 2.79 bits per heavy atom. The maximum absolute atomic E-state index is 12.8. The molecule has 4 heterocycles. The summed E-state index contributed by atoms with van der Waals surface area (Å²) in [5.41, 5.74) is 6.56. The smallest absolute Gasteiger partial charge is 0.352 e. The second-order valence-corrected chi connectivity index (χ2v) is 10.8. The van der Waals surface area contributed by atoms with E-state index in [1.807, 2.05) is 12.1 Å². The van der Waals surface area contributed by atoms with Gasteiger partial charge in [-0.15, -0.1) is 23.1 Å². The number of carboxylic acids is 1. The standard InChI is InChI=1S/C20H21N5O5S3/c1-10-2-5-15(23-25(10)30)31-8-11-9-32-19-16(18(27)24(19)17(11)20(28)29)22-14(26)6-12-3-4-13(7-21)33-12/h2-5,16,19H,6-9,21H2,1H3,(H,22,26)(H,28,29)/t16-,19+/m1/s1. The lowest BCUT2D eigenvalue weighted by molar-refractivity contribution is -0.679. The minimum Gasteiger partial charge on any atom is -0.594 e. The van der Waals surface area contributed by atoms with Gasteiger partial charge in [-0.25, -0.2) is 4.79 Å². The average Bonchev–Trinajstić information content (AvgIpc) is 3.24. The number of nitrogens with one attached hydrogen (secondary N) is 1. The lowest BCUT2D eigenvalue weighted by atomic mass is 10.0. The lowest BCUT2D eigenvalue weighted by Gasteiger charge is -2.49. The van der Waals surface area contributed by atoms with Crippen LogP contribution in [0, 0.1) is 12.1 Å². The number of nitrogens with zero attached hydrogens (tertiary/aromatic N) is 3. The summed E-state index contributed by atoms with van der Waals surface area (Å²) >= 11 is 4.09. The van der Waals surface area contributed by atoms with Gasteiger partial charge in [0.2, 0.25) is 11.6 Å². The zero-order valence-electron chi connectivity index (χ0n) is 17.5. The van der Waals surface area contributed by atoms with E-state index in [2.05, 4.69) is 10.4 Å². The number of aryl methyl sites for hydroxylation is 1. The van der Waals surface area contributed by atoms with Crippen LogP contribution in [0.1, 0.15) is 15.4 Å². The Balaban J connectivity index is 1.42. The van der Waals surface area contributed by atoms with Gasteiger partial charge in [-0.05, 0) is 23.8 Å². The van der Waals surface area contributed by atoms with Crippen molar-refractivity contribution in [3.63, 3.8) is 0 Å². The Hall–Kier alpha value is -2.61. The summed E-state index contributed by atoms with van der Waals surface area (Å²) in [6, 6.07) is 6.27. The number of thiophene rings is 1. The van der Waals surface area contributed by atoms with Gasteiger partial charge in [0.15, 0.2) is 5.03 Å². The normalized spacial score (nSPS) is 19.8. The summed E-state index contributed by atoms with van der Waals surface area (Å²) in [5, 5.41) is 28.1. The van der Waals surface area contributed by atoms with Gasteiger partial charge in [-0.3, -0.25) is 14.5 Å². The number of carboxylic acid groups (broad SMARTS) is 1. The van der Waals surface area contributed by atoms with E-state index in [0.29, 0.717) is 33.4 Å². The third-order valence-electron chi connectivity index (χ3n) is 5.17. The Morgan fingerprint density at radius 2 is 2.12 bits per heavy atom. The molecule has 0 spiro atoms. The first kappa shape index (κ1) is 23.5. The zero-order chi connectivity index (χ0) is 23.7. The number of carbonyl (C=O) groups excluding carboxylic acids is 2. The minimum atomic E-state index is -1.20. The van der Waals surface area contributed by atoms with Gasteiger partial charge in [0.1, 0.15) is 17.1 Å². The van der Waals surface area contributed by atoms with Crippen molar-refractivity contribution >= 4 is 52.6 Å². The van der Waals surface area contributed by atoms with Crippen LogP contribution in [0.4, 0.5) is 0 Å². The number of carbonyl (C=O) groups is 3. The van der Waals surface area contributed by atoms with Gasteiger partial charge in [-0.1, -0.05) is 16.6 Å². The van der Waals surface area contributed by atoms with E-state index in [4.69, 9.17) is 5.73 Å². The minimum absolute atomic E-state index is 0.0605. The van der Waals surface area contributed by atoms with E-state index in [1.165, 1.54) is 39.8 Å². The first-order valence-electron chi connectivity index (χ1n) is 9.95. The molecule has 4 rings (SSSR count). The van der Waals surface area contributed by atoms with E-state index in [-0.39, 0.29) is 23.8 Å². The van der Waals surface area contributed by atoms with Gasteiger partial charge < -0.3 is 21.4 Å². The molecule has 33 heavy (non-hydrogen) atoms. The molecule has 2 aliphatic rings. The summed E-state index contributed by atoms with van der Waals surface area (Å²) in [6.45, 7) is 2.04. The second-order valence-electron chi connectivity index (χ2n) is 7.44. The van der Waals surface area contributed by atoms with Crippen molar-refractivity contribution < 1.29 is 24.3 Å². The topological polar surface area (TPSA) is 153 Å². The molecule has 2 aromatic rings. The molecule has 2 aliphatic heterocycles. The van der Waals surface area contributed by atoms with Gasteiger partial charge in [0, 0.05) is 45.9 Å². The van der Waals surface area contributed by atoms with Crippen molar-refractivity contribution in [2.24, 2.45) is 5.73 Å².